The van der Waals surface area contributed by atoms with Gasteiger partial charge >= 0.3 is 6.18 Å². The Morgan fingerprint density at radius 2 is 1.86 bits per heavy atom. The van der Waals surface area contributed by atoms with Crippen LogP contribution in [0, 0.1) is 5.92 Å². The monoisotopic (exact) mass is 515 g/mol. The lowest BCUT2D eigenvalue weighted by molar-refractivity contribution is -0.136. The number of hydrogen-bond acceptors (Lipinski definition) is 7. The molecule has 0 saturated carbocycles. The quantitative estimate of drug-likeness (QED) is 0.539. The molecule has 12 heteroatoms. The third-order valence-corrected chi connectivity index (χ3v) is 7.54. The second-order valence-electron chi connectivity index (χ2n) is 9.81. The number of fused-ring (bicyclic) bond motifs is 4. The fourth-order valence-corrected chi connectivity index (χ4v) is 5.51. The molecule has 1 aromatic carbocycles. The number of aromatic nitrogens is 3. The fourth-order valence-electron chi connectivity index (χ4n) is 5.51. The number of halogens is 3. The van der Waals surface area contributed by atoms with Crippen LogP contribution in [0.4, 0.5) is 30.4 Å². The van der Waals surface area contributed by atoms with E-state index in [1.807, 2.05) is 4.90 Å². The Kier molecular flexibility index (Phi) is 6.15. The predicted octanol–water partition coefficient (Wildman–Crippen LogP) is 3.34. The number of rotatable bonds is 5. The van der Waals surface area contributed by atoms with Crippen molar-refractivity contribution in [3.05, 3.63) is 47.8 Å². The van der Waals surface area contributed by atoms with Gasteiger partial charge in [-0.1, -0.05) is 0 Å². The standard InChI is InChI=1S/C25H28F3N7O2/c26-25(27,28)19-13-17(34-9-11-37-12-10-34)1-2-20(19)31-24(36)18-14-29-35-8-5-22(32-23(18)35)30-21-15-33-6-3-16(21)4-7-33/h1-2,5,8,13-14,16,21H,3-4,6-7,9-12,15H2,(H,30,32)(H,31,36)/t21-/m0/s1. The average Bonchev–Trinajstić information content (AvgIpc) is 3.33. The molecule has 0 unspecified atom stereocenters. The van der Waals surface area contributed by atoms with Gasteiger partial charge in [-0.05, 0) is 56.1 Å². The van der Waals surface area contributed by atoms with Crippen LogP contribution in [0.1, 0.15) is 28.8 Å². The van der Waals surface area contributed by atoms with Gasteiger partial charge in [0.05, 0.1) is 30.7 Å². The van der Waals surface area contributed by atoms with Gasteiger partial charge in [-0.15, -0.1) is 0 Å². The Balaban J connectivity index is 1.24. The van der Waals surface area contributed by atoms with Crippen LogP contribution in [0.5, 0.6) is 0 Å². The van der Waals surface area contributed by atoms with E-state index in [9.17, 15) is 18.0 Å². The summed E-state index contributed by atoms with van der Waals surface area (Å²) in [5.74, 6) is 0.496. The summed E-state index contributed by atoms with van der Waals surface area (Å²) >= 11 is 0. The maximum Gasteiger partial charge on any atom is 0.418 e. The molecule has 2 bridgehead atoms. The van der Waals surface area contributed by atoms with Crippen molar-refractivity contribution in [2.75, 3.05) is 61.5 Å². The van der Waals surface area contributed by atoms with Crippen molar-refractivity contribution < 1.29 is 22.7 Å². The number of amides is 1. The maximum atomic E-state index is 13.9. The molecule has 4 saturated heterocycles. The number of nitrogens with one attached hydrogen (secondary N) is 2. The highest BCUT2D eigenvalue weighted by atomic mass is 19.4. The topological polar surface area (TPSA) is 87.0 Å². The van der Waals surface area contributed by atoms with Crippen LogP contribution in [-0.2, 0) is 10.9 Å². The summed E-state index contributed by atoms with van der Waals surface area (Å²) in [5.41, 5.74) is -0.394. The van der Waals surface area contributed by atoms with Crippen molar-refractivity contribution in [2.45, 2.75) is 25.1 Å². The fraction of sp³-hybridized carbons (Fsp3) is 0.480. The van der Waals surface area contributed by atoms with Gasteiger partial charge in [0.25, 0.3) is 5.91 Å². The number of carbonyl (C=O) groups is 1. The van der Waals surface area contributed by atoms with Crippen LogP contribution in [0.15, 0.2) is 36.7 Å². The van der Waals surface area contributed by atoms with Crippen molar-refractivity contribution >= 4 is 28.7 Å². The van der Waals surface area contributed by atoms with E-state index in [2.05, 4.69) is 25.6 Å². The van der Waals surface area contributed by atoms with E-state index in [1.165, 1.54) is 16.8 Å². The molecule has 6 heterocycles. The van der Waals surface area contributed by atoms with E-state index in [-0.39, 0.29) is 22.9 Å². The van der Waals surface area contributed by atoms with Crippen molar-refractivity contribution in [1.82, 2.24) is 19.5 Å². The minimum absolute atomic E-state index is 0.0999. The molecule has 196 valence electrons. The highest BCUT2D eigenvalue weighted by molar-refractivity contribution is 6.08. The van der Waals surface area contributed by atoms with Gasteiger partial charge in [-0.3, -0.25) is 4.79 Å². The number of morpholine rings is 1. The molecule has 7 rings (SSSR count). The zero-order valence-electron chi connectivity index (χ0n) is 20.2. The molecule has 3 aromatic rings. The summed E-state index contributed by atoms with van der Waals surface area (Å²) < 4.78 is 48.6. The zero-order valence-corrected chi connectivity index (χ0v) is 20.2. The van der Waals surface area contributed by atoms with Gasteiger partial charge < -0.3 is 25.2 Å². The zero-order chi connectivity index (χ0) is 25.6. The van der Waals surface area contributed by atoms with Gasteiger partial charge in [0, 0.05) is 37.6 Å². The van der Waals surface area contributed by atoms with E-state index in [0.29, 0.717) is 43.7 Å². The summed E-state index contributed by atoms with van der Waals surface area (Å²) in [7, 11) is 0. The van der Waals surface area contributed by atoms with E-state index in [0.717, 1.165) is 38.5 Å². The van der Waals surface area contributed by atoms with E-state index >= 15 is 0 Å². The van der Waals surface area contributed by atoms with E-state index in [1.54, 1.807) is 18.3 Å². The molecule has 0 radical (unpaired) electrons. The SMILES string of the molecule is O=C(Nc1ccc(N2CCOCC2)cc1C(F)(F)F)c1cnn2ccc(N[C@H]3CN4CCC3CC4)nc12. The second-order valence-corrected chi connectivity index (χ2v) is 9.81. The van der Waals surface area contributed by atoms with Crippen LogP contribution in [0.25, 0.3) is 5.65 Å². The first-order valence-corrected chi connectivity index (χ1v) is 12.5. The first-order chi connectivity index (χ1) is 17.8. The number of piperidine rings is 3. The molecular formula is C25H28F3N7O2. The molecule has 1 atom stereocenters. The third-order valence-electron chi connectivity index (χ3n) is 7.54. The van der Waals surface area contributed by atoms with Gasteiger partial charge in [-0.2, -0.15) is 18.3 Å². The number of anilines is 3. The Morgan fingerprint density at radius 3 is 2.57 bits per heavy atom. The van der Waals surface area contributed by atoms with Crippen LogP contribution in [-0.4, -0.2) is 77.4 Å². The Hall–Kier alpha value is -3.38. The Morgan fingerprint density at radius 1 is 1.08 bits per heavy atom. The van der Waals surface area contributed by atoms with Crippen LogP contribution in [0.3, 0.4) is 0 Å². The molecule has 1 amide bonds. The lowest BCUT2D eigenvalue weighted by Gasteiger charge is -2.45. The van der Waals surface area contributed by atoms with Gasteiger partial charge in [0.15, 0.2) is 5.65 Å². The molecule has 4 aliphatic heterocycles. The first-order valence-electron chi connectivity index (χ1n) is 12.5. The average molecular weight is 516 g/mol. The first kappa shape index (κ1) is 24.0. The van der Waals surface area contributed by atoms with Gasteiger partial charge in [-0.25, -0.2) is 9.50 Å². The normalized spacial score (nSPS) is 23.9. The van der Waals surface area contributed by atoms with Gasteiger partial charge in [0.2, 0.25) is 0 Å². The third kappa shape index (κ3) is 4.82. The molecule has 0 aliphatic carbocycles. The molecule has 37 heavy (non-hydrogen) atoms. The number of hydrogen-bond donors (Lipinski definition) is 2. The van der Waals surface area contributed by atoms with Crippen molar-refractivity contribution in [3.63, 3.8) is 0 Å². The van der Waals surface area contributed by atoms with Crippen molar-refractivity contribution in [1.29, 1.82) is 0 Å². The van der Waals surface area contributed by atoms with Crippen LogP contribution in [0.2, 0.25) is 0 Å². The maximum absolute atomic E-state index is 13.9. The summed E-state index contributed by atoms with van der Waals surface area (Å²) in [6.45, 7) is 5.12. The minimum Gasteiger partial charge on any atom is -0.378 e. The molecule has 2 aromatic heterocycles. The number of nitrogens with zero attached hydrogens (tertiary/aromatic N) is 5. The Labute approximate surface area is 211 Å². The second kappa shape index (κ2) is 9.49. The number of alkyl halides is 3. The van der Waals surface area contributed by atoms with E-state index < -0.39 is 17.6 Å². The predicted molar refractivity (Wildman–Crippen MR) is 132 cm³/mol. The van der Waals surface area contributed by atoms with Crippen LogP contribution >= 0.6 is 0 Å². The Bertz CT molecular complexity index is 1300. The minimum atomic E-state index is -4.64. The number of benzene rings is 1. The molecule has 0 spiro atoms. The number of carbonyl (C=O) groups excluding carboxylic acids is 1. The summed E-state index contributed by atoms with van der Waals surface area (Å²) in [5, 5.41) is 10.1. The molecule has 4 fully saturated rings. The van der Waals surface area contributed by atoms with Crippen molar-refractivity contribution in [3.8, 4) is 0 Å². The van der Waals surface area contributed by atoms with E-state index in [4.69, 9.17) is 4.74 Å². The largest absolute Gasteiger partial charge is 0.418 e. The molecule has 2 N–H and O–H groups in total. The smallest absolute Gasteiger partial charge is 0.378 e. The summed E-state index contributed by atoms with van der Waals surface area (Å²) in [6.07, 6.45) is 0.668. The summed E-state index contributed by atoms with van der Waals surface area (Å²) in [4.78, 5) is 22.0. The molecular weight excluding hydrogens is 487 g/mol. The molecule has 9 nitrogen and oxygen atoms in total. The lowest BCUT2D eigenvalue weighted by atomic mass is 9.84. The number of ether oxygens (including phenoxy) is 1. The highest BCUT2D eigenvalue weighted by Crippen LogP contribution is 2.38. The van der Waals surface area contributed by atoms with Crippen molar-refractivity contribution in [2.24, 2.45) is 5.92 Å². The van der Waals surface area contributed by atoms with Crippen LogP contribution < -0.4 is 15.5 Å². The lowest BCUT2D eigenvalue weighted by Crippen LogP contribution is -2.53. The van der Waals surface area contributed by atoms with Gasteiger partial charge in [0.1, 0.15) is 11.4 Å². The summed E-state index contributed by atoms with van der Waals surface area (Å²) in [6, 6.07) is 6.03. The molecule has 4 aliphatic rings. The highest BCUT2D eigenvalue weighted by Gasteiger charge is 2.36.